The minimum absolute atomic E-state index is 0.0829. The van der Waals surface area contributed by atoms with Crippen molar-refractivity contribution in [3.63, 3.8) is 0 Å². The summed E-state index contributed by atoms with van der Waals surface area (Å²) >= 11 is 0. The van der Waals surface area contributed by atoms with E-state index in [1.807, 2.05) is 0 Å². The van der Waals surface area contributed by atoms with Gasteiger partial charge in [-0.2, -0.15) is 13.2 Å². The van der Waals surface area contributed by atoms with Gasteiger partial charge in [0.1, 0.15) is 0 Å². The van der Waals surface area contributed by atoms with Crippen molar-refractivity contribution in [2.24, 2.45) is 0 Å². The number of nitrogen functional groups attached to an aromatic ring is 1. The first-order chi connectivity index (χ1) is 8.84. The van der Waals surface area contributed by atoms with Crippen LogP contribution in [0.25, 0.3) is 0 Å². The molecule has 1 aromatic carbocycles. The van der Waals surface area contributed by atoms with Crippen LogP contribution in [0.5, 0.6) is 0 Å². The van der Waals surface area contributed by atoms with E-state index in [0.29, 0.717) is 0 Å². The molecule has 0 saturated carbocycles. The van der Waals surface area contributed by atoms with Crippen LogP contribution in [0.15, 0.2) is 18.2 Å². The second kappa shape index (κ2) is 6.31. The summed E-state index contributed by atoms with van der Waals surface area (Å²) in [5, 5.41) is 2.72. The minimum Gasteiger partial charge on any atom is -0.466 e. The Bertz CT molecular complexity index is 447. The summed E-state index contributed by atoms with van der Waals surface area (Å²) in [7, 11) is 0. The number of nitrogens with one attached hydrogen (secondary N) is 1. The largest absolute Gasteiger partial charge is 0.466 e. The molecule has 1 rings (SSSR count). The lowest BCUT2D eigenvalue weighted by atomic mass is 10.1. The Balaban J connectivity index is 2.63. The first kappa shape index (κ1) is 15.1. The van der Waals surface area contributed by atoms with E-state index in [9.17, 15) is 18.0 Å². The van der Waals surface area contributed by atoms with E-state index >= 15 is 0 Å². The molecule has 0 aliphatic rings. The van der Waals surface area contributed by atoms with E-state index in [4.69, 9.17) is 10.5 Å². The SMILES string of the molecule is CCOC(=O)CCNc1ccc(N)c(C(F)(F)F)c1. The third kappa shape index (κ3) is 4.69. The van der Waals surface area contributed by atoms with Gasteiger partial charge < -0.3 is 15.8 Å². The van der Waals surface area contributed by atoms with Gasteiger partial charge in [0.05, 0.1) is 18.6 Å². The lowest BCUT2D eigenvalue weighted by molar-refractivity contribution is -0.142. The van der Waals surface area contributed by atoms with Gasteiger partial charge in [-0.25, -0.2) is 0 Å². The number of carbonyl (C=O) groups is 1. The smallest absolute Gasteiger partial charge is 0.418 e. The molecule has 0 bridgehead atoms. The number of rotatable bonds is 5. The zero-order valence-electron chi connectivity index (χ0n) is 10.4. The Morgan fingerprint density at radius 3 is 2.68 bits per heavy atom. The Morgan fingerprint density at radius 1 is 1.42 bits per heavy atom. The van der Waals surface area contributed by atoms with Crippen molar-refractivity contribution in [2.75, 3.05) is 24.2 Å². The molecule has 0 aliphatic carbocycles. The van der Waals surface area contributed by atoms with Crippen LogP contribution >= 0.6 is 0 Å². The Hall–Kier alpha value is -1.92. The number of benzene rings is 1. The molecule has 0 atom stereocenters. The highest BCUT2D eigenvalue weighted by Crippen LogP contribution is 2.35. The molecule has 0 aromatic heterocycles. The standard InChI is InChI=1S/C12H15F3N2O2/c1-2-19-11(18)5-6-17-8-3-4-10(16)9(7-8)12(13,14)15/h3-4,7,17H,2,5-6,16H2,1H3. The van der Waals surface area contributed by atoms with Gasteiger partial charge in [-0.1, -0.05) is 0 Å². The molecular formula is C12H15F3N2O2. The van der Waals surface area contributed by atoms with Crippen molar-refractivity contribution in [2.45, 2.75) is 19.5 Å². The molecular weight excluding hydrogens is 261 g/mol. The van der Waals surface area contributed by atoms with E-state index in [0.717, 1.165) is 6.07 Å². The molecule has 0 spiro atoms. The van der Waals surface area contributed by atoms with Gasteiger partial charge in [0.15, 0.2) is 0 Å². The topological polar surface area (TPSA) is 64.3 Å². The quantitative estimate of drug-likeness (QED) is 0.641. The lowest BCUT2D eigenvalue weighted by Crippen LogP contribution is -2.13. The van der Waals surface area contributed by atoms with Gasteiger partial charge in [-0.05, 0) is 25.1 Å². The Morgan fingerprint density at radius 2 is 2.11 bits per heavy atom. The van der Waals surface area contributed by atoms with Crippen LogP contribution in [0.2, 0.25) is 0 Å². The fraction of sp³-hybridized carbons (Fsp3) is 0.417. The van der Waals surface area contributed by atoms with Crippen LogP contribution in [0, 0.1) is 0 Å². The number of anilines is 2. The highest BCUT2D eigenvalue weighted by atomic mass is 19.4. The second-order valence-electron chi connectivity index (χ2n) is 3.78. The number of nitrogens with two attached hydrogens (primary N) is 1. The summed E-state index contributed by atoms with van der Waals surface area (Å²) in [5.74, 6) is -0.401. The lowest BCUT2D eigenvalue weighted by Gasteiger charge is -2.12. The number of hydrogen-bond acceptors (Lipinski definition) is 4. The molecule has 0 aliphatic heterocycles. The number of hydrogen-bond donors (Lipinski definition) is 2. The molecule has 7 heteroatoms. The van der Waals surface area contributed by atoms with E-state index in [-0.39, 0.29) is 30.9 Å². The number of esters is 1. The number of ether oxygens (including phenoxy) is 1. The van der Waals surface area contributed by atoms with Gasteiger partial charge in [-0.3, -0.25) is 4.79 Å². The molecule has 0 heterocycles. The van der Waals surface area contributed by atoms with Gasteiger partial charge in [0.2, 0.25) is 0 Å². The zero-order chi connectivity index (χ0) is 14.5. The Labute approximate surface area is 108 Å². The van der Waals surface area contributed by atoms with Gasteiger partial charge >= 0.3 is 12.1 Å². The molecule has 0 saturated heterocycles. The number of alkyl halides is 3. The summed E-state index contributed by atoms with van der Waals surface area (Å²) in [6, 6.07) is 3.52. The monoisotopic (exact) mass is 276 g/mol. The predicted molar refractivity (Wildman–Crippen MR) is 65.6 cm³/mol. The van der Waals surface area contributed by atoms with Crippen LogP contribution in [0.4, 0.5) is 24.5 Å². The van der Waals surface area contributed by atoms with Crippen molar-refractivity contribution < 1.29 is 22.7 Å². The first-order valence-corrected chi connectivity index (χ1v) is 5.70. The van der Waals surface area contributed by atoms with Crippen LogP contribution in [0.1, 0.15) is 18.9 Å². The minimum atomic E-state index is -4.50. The third-order valence-electron chi connectivity index (χ3n) is 2.32. The van der Waals surface area contributed by atoms with Crippen LogP contribution in [-0.4, -0.2) is 19.1 Å². The number of carbonyl (C=O) groups excluding carboxylic acids is 1. The van der Waals surface area contributed by atoms with Gasteiger partial charge in [0.25, 0.3) is 0 Å². The summed E-state index contributed by atoms with van der Waals surface area (Å²) in [5.41, 5.74) is 4.30. The van der Waals surface area contributed by atoms with Crippen molar-refractivity contribution in [3.05, 3.63) is 23.8 Å². The van der Waals surface area contributed by atoms with Crippen molar-refractivity contribution in [1.29, 1.82) is 0 Å². The van der Waals surface area contributed by atoms with Gasteiger partial charge in [0, 0.05) is 17.9 Å². The van der Waals surface area contributed by atoms with Crippen LogP contribution in [-0.2, 0) is 15.7 Å². The Kier molecular flexibility index (Phi) is 5.02. The molecule has 4 nitrogen and oxygen atoms in total. The van der Waals surface area contributed by atoms with E-state index in [1.165, 1.54) is 12.1 Å². The molecule has 0 radical (unpaired) electrons. The molecule has 0 amide bonds. The summed E-state index contributed by atoms with van der Waals surface area (Å²) in [4.78, 5) is 11.1. The fourth-order valence-corrected chi connectivity index (χ4v) is 1.45. The van der Waals surface area contributed by atoms with E-state index in [1.54, 1.807) is 6.92 Å². The zero-order valence-corrected chi connectivity index (χ0v) is 10.4. The van der Waals surface area contributed by atoms with Crippen molar-refractivity contribution in [1.82, 2.24) is 0 Å². The van der Waals surface area contributed by atoms with E-state index < -0.39 is 17.7 Å². The normalized spacial score (nSPS) is 11.2. The average Bonchev–Trinajstić information content (AvgIpc) is 2.30. The second-order valence-corrected chi connectivity index (χ2v) is 3.78. The maximum atomic E-state index is 12.6. The molecule has 0 fully saturated rings. The van der Waals surface area contributed by atoms with E-state index in [2.05, 4.69) is 5.32 Å². The highest BCUT2D eigenvalue weighted by Gasteiger charge is 2.33. The van der Waals surface area contributed by atoms with Crippen molar-refractivity contribution >= 4 is 17.3 Å². The predicted octanol–water partition coefficient (Wildman–Crippen LogP) is 2.65. The molecule has 3 N–H and O–H groups in total. The maximum absolute atomic E-state index is 12.6. The highest BCUT2D eigenvalue weighted by molar-refractivity contribution is 5.70. The molecule has 19 heavy (non-hydrogen) atoms. The average molecular weight is 276 g/mol. The third-order valence-corrected chi connectivity index (χ3v) is 2.32. The molecule has 106 valence electrons. The maximum Gasteiger partial charge on any atom is 0.418 e. The summed E-state index contributed by atoms with van der Waals surface area (Å²) < 4.78 is 42.5. The van der Waals surface area contributed by atoms with Crippen LogP contribution < -0.4 is 11.1 Å². The molecule has 0 unspecified atom stereocenters. The first-order valence-electron chi connectivity index (χ1n) is 5.70. The summed E-state index contributed by atoms with van der Waals surface area (Å²) in [6.07, 6.45) is -4.41. The fourth-order valence-electron chi connectivity index (χ4n) is 1.45. The van der Waals surface area contributed by atoms with Crippen molar-refractivity contribution in [3.8, 4) is 0 Å². The summed E-state index contributed by atoms with van der Waals surface area (Å²) in [6.45, 7) is 2.15. The van der Waals surface area contributed by atoms with Gasteiger partial charge in [-0.15, -0.1) is 0 Å². The number of halogens is 3. The van der Waals surface area contributed by atoms with Crippen LogP contribution in [0.3, 0.4) is 0 Å². The molecule has 1 aromatic rings.